The minimum absolute atomic E-state index is 0.0852. The Bertz CT molecular complexity index is 2240. The van der Waals surface area contributed by atoms with Crippen molar-refractivity contribution in [2.75, 3.05) is 0 Å². The van der Waals surface area contributed by atoms with Gasteiger partial charge in [0.2, 0.25) is 0 Å². The van der Waals surface area contributed by atoms with Gasteiger partial charge < -0.3 is 14.2 Å². The lowest BCUT2D eigenvalue weighted by Crippen LogP contribution is -2.23. The third-order valence-corrected chi connectivity index (χ3v) is 14.1. The van der Waals surface area contributed by atoms with Gasteiger partial charge in [-0.3, -0.25) is 9.13 Å². The fourth-order valence-corrected chi connectivity index (χ4v) is 12.0. The number of para-hydroxylation sites is 3. The summed E-state index contributed by atoms with van der Waals surface area (Å²) in [6.07, 6.45) is 0.198. The van der Waals surface area contributed by atoms with Crippen LogP contribution < -0.4 is 19.7 Å². The Morgan fingerprint density at radius 1 is 0.587 bits per heavy atom. The minimum atomic E-state index is -3.72. The van der Waals surface area contributed by atoms with Gasteiger partial charge in [0, 0.05) is 16.7 Å². The van der Waals surface area contributed by atoms with Crippen molar-refractivity contribution in [1.29, 1.82) is 0 Å². The first-order valence-electron chi connectivity index (χ1n) is 15.2. The molecule has 0 aliphatic carbocycles. The monoisotopic (exact) mass is 640 g/mol. The molecule has 0 amide bonds. The maximum absolute atomic E-state index is 15.5. The summed E-state index contributed by atoms with van der Waals surface area (Å²) in [5.74, 6) is 1.24. The van der Waals surface area contributed by atoms with Gasteiger partial charge in [-0.1, -0.05) is 115 Å². The fourth-order valence-electron chi connectivity index (χ4n) is 6.73. The molecule has 2 aliphatic rings. The topological polar surface area (TPSA) is 72.8 Å². The van der Waals surface area contributed by atoms with Crippen molar-refractivity contribution in [3.05, 3.63) is 162 Å². The highest BCUT2D eigenvalue weighted by atomic mass is 31.2. The van der Waals surface area contributed by atoms with Crippen molar-refractivity contribution in [1.82, 2.24) is 0 Å². The standard InChI is InChI=1S/C39H30O5P2/c1-26-11-10-16-33(38(26)40)39(46(42)37-20-9-5-15-32(37)30-13-3-7-18-35(30)44-46)28-23-21-27(22-24-28)25-45(41)36-19-8-4-14-31(36)29-12-2-6-17-34(29)43-45/h2-24,39-40H,25H2,1H3. The molecule has 6 aromatic rings. The van der Waals surface area contributed by atoms with E-state index >= 15 is 4.57 Å². The van der Waals surface area contributed by atoms with Crippen LogP contribution in [0.1, 0.15) is 27.9 Å². The van der Waals surface area contributed by atoms with Gasteiger partial charge in [-0.2, -0.15) is 0 Å². The molecule has 0 saturated carbocycles. The van der Waals surface area contributed by atoms with E-state index in [0.717, 1.165) is 33.4 Å². The molecular weight excluding hydrogens is 610 g/mol. The van der Waals surface area contributed by atoms with E-state index in [2.05, 4.69) is 0 Å². The van der Waals surface area contributed by atoms with Crippen molar-refractivity contribution in [3.63, 3.8) is 0 Å². The van der Waals surface area contributed by atoms with E-state index in [0.29, 0.717) is 33.2 Å². The van der Waals surface area contributed by atoms with E-state index in [4.69, 9.17) is 9.05 Å². The molecule has 3 unspecified atom stereocenters. The Labute approximate surface area is 268 Å². The molecule has 0 saturated heterocycles. The van der Waals surface area contributed by atoms with Crippen molar-refractivity contribution in [3.8, 4) is 39.5 Å². The van der Waals surface area contributed by atoms with E-state index in [1.165, 1.54) is 0 Å². The molecule has 0 spiro atoms. The molecule has 226 valence electrons. The second-order valence-electron chi connectivity index (χ2n) is 11.8. The molecule has 1 N–H and O–H groups in total. The maximum Gasteiger partial charge on any atom is 0.289 e. The van der Waals surface area contributed by atoms with E-state index in [-0.39, 0.29) is 11.9 Å². The summed E-state index contributed by atoms with van der Waals surface area (Å²) in [4.78, 5) is 0. The van der Waals surface area contributed by atoms with E-state index < -0.39 is 20.4 Å². The van der Waals surface area contributed by atoms with Crippen LogP contribution in [0.25, 0.3) is 22.3 Å². The van der Waals surface area contributed by atoms with Crippen LogP contribution in [0.15, 0.2) is 140 Å². The van der Waals surface area contributed by atoms with Crippen LogP contribution in [0.2, 0.25) is 0 Å². The molecule has 0 bridgehead atoms. The molecule has 0 fully saturated rings. The van der Waals surface area contributed by atoms with Crippen LogP contribution in [0.4, 0.5) is 0 Å². The van der Waals surface area contributed by atoms with Gasteiger partial charge in [-0.15, -0.1) is 0 Å². The van der Waals surface area contributed by atoms with E-state index in [1.807, 2.05) is 146 Å². The highest BCUT2D eigenvalue weighted by Gasteiger charge is 2.46. The lowest BCUT2D eigenvalue weighted by atomic mass is 10.00. The Morgan fingerprint density at radius 3 is 1.80 bits per heavy atom. The number of hydrogen-bond acceptors (Lipinski definition) is 5. The molecule has 46 heavy (non-hydrogen) atoms. The number of aromatic hydroxyl groups is 1. The predicted octanol–water partition coefficient (Wildman–Crippen LogP) is 9.62. The molecule has 3 atom stereocenters. The lowest BCUT2D eigenvalue weighted by Gasteiger charge is -2.35. The summed E-state index contributed by atoms with van der Waals surface area (Å²) in [7, 11) is -7.03. The van der Waals surface area contributed by atoms with E-state index in [9.17, 15) is 9.67 Å². The van der Waals surface area contributed by atoms with Gasteiger partial charge in [-0.25, -0.2) is 0 Å². The SMILES string of the molecule is Cc1cccc(C(c2ccc(CP3(=O)Oc4ccccc4-c4ccccc43)cc2)P2(=O)Oc3ccccc3-c3ccccc32)c1O. The molecule has 2 aliphatic heterocycles. The summed E-state index contributed by atoms with van der Waals surface area (Å²) in [5.41, 5.74) is 5.54. The Morgan fingerprint density at radius 2 is 1.13 bits per heavy atom. The highest BCUT2D eigenvalue weighted by molar-refractivity contribution is 7.68. The predicted molar refractivity (Wildman–Crippen MR) is 184 cm³/mol. The Kier molecular flexibility index (Phi) is 6.79. The molecule has 6 aromatic carbocycles. The largest absolute Gasteiger partial charge is 0.507 e. The van der Waals surface area contributed by atoms with Gasteiger partial charge in [0.05, 0.1) is 16.8 Å². The number of benzene rings is 6. The summed E-state index contributed by atoms with van der Waals surface area (Å²) < 4.78 is 42.8. The van der Waals surface area contributed by atoms with Gasteiger partial charge >= 0.3 is 0 Å². The van der Waals surface area contributed by atoms with Crippen LogP contribution in [-0.2, 0) is 15.3 Å². The van der Waals surface area contributed by atoms with Crippen LogP contribution in [-0.4, -0.2) is 5.11 Å². The van der Waals surface area contributed by atoms with Crippen molar-refractivity contribution in [2.45, 2.75) is 18.7 Å². The first-order valence-corrected chi connectivity index (χ1v) is 18.7. The molecule has 5 nitrogen and oxygen atoms in total. The van der Waals surface area contributed by atoms with Crippen molar-refractivity contribution in [2.24, 2.45) is 0 Å². The van der Waals surface area contributed by atoms with Gasteiger partial charge in [0.15, 0.2) is 0 Å². The molecule has 0 radical (unpaired) electrons. The van der Waals surface area contributed by atoms with Crippen LogP contribution in [0.5, 0.6) is 17.2 Å². The number of rotatable bonds is 5. The molecule has 2 heterocycles. The van der Waals surface area contributed by atoms with Gasteiger partial charge in [0.25, 0.3) is 14.7 Å². The Hall–Kier alpha value is -4.82. The molecule has 0 aromatic heterocycles. The zero-order chi connectivity index (χ0) is 31.5. The first kappa shape index (κ1) is 28.6. The van der Waals surface area contributed by atoms with Crippen LogP contribution in [0, 0.1) is 6.92 Å². The second-order valence-corrected chi connectivity index (χ2v) is 16.5. The summed E-state index contributed by atoms with van der Waals surface area (Å²) in [6, 6.07) is 43.8. The number of phenolic OH excluding ortho intramolecular Hbond substituents is 1. The van der Waals surface area contributed by atoms with Crippen molar-refractivity contribution >= 4 is 25.3 Å². The maximum atomic E-state index is 15.5. The normalized spacial score (nSPS) is 19.8. The van der Waals surface area contributed by atoms with Crippen LogP contribution in [0.3, 0.4) is 0 Å². The summed E-state index contributed by atoms with van der Waals surface area (Å²) >= 11 is 0. The number of aryl methyl sites for hydroxylation is 1. The fraction of sp³-hybridized carbons (Fsp3) is 0.0769. The first-order chi connectivity index (χ1) is 22.4. The smallest absolute Gasteiger partial charge is 0.289 e. The Balaban J connectivity index is 1.23. The summed E-state index contributed by atoms with van der Waals surface area (Å²) in [6.45, 7) is 1.83. The minimum Gasteiger partial charge on any atom is -0.507 e. The zero-order valence-corrected chi connectivity index (χ0v) is 26.8. The van der Waals surface area contributed by atoms with E-state index in [1.54, 1.807) is 0 Å². The molecule has 8 rings (SSSR count). The molecule has 7 heteroatoms. The molecular formula is C39H30O5P2. The number of phenols is 1. The number of fused-ring (bicyclic) bond motifs is 6. The van der Waals surface area contributed by atoms with Crippen LogP contribution >= 0.6 is 14.7 Å². The second kappa shape index (κ2) is 10.9. The zero-order valence-electron chi connectivity index (χ0n) is 25.0. The average Bonchev–Trinajstić information content (AvgIpc) is 3.08. The van der Waals surface area contributed by atoms with Crippen molar-refractivity contribution < 1.29 is 23.3 Å². The quantitative estimate of drug-likeness (QED) is 0.190. The third kappa shape index (κ3) is 4.54. The third-order valence-electron chi connectivity index (χ3n) is 8.93. The average molecular weight is 641 g/mol. The lowest BCUT2D eigenvalue weighted by molar-refractivity contribution is 0.456. The summed E-state index contributed by atoms with van der Waals surface area (Å²) in [5, 5.41) is 12.7. The number of hydrogen-bond donors (Lipinski definition) is 1. The van der Waals surface area contributed by atoms with Gasteiger partial charge in [-0.05, 0) is 59.0 Å². The van der Waals surface area contributed by atoms with Gasteiger partial charge in [0.1, 0.15) is 22.9 Å². The highest BCUT2D eigenvalue weighted by Crippen LogP contribution is 2.66.